The van der Waals surface area contributed by atoms with Gasteiger partial charge in [-0.15, -0.1) is 0 Å². The van der Waals surface area contributed by atoms with Crippen molar-refractivity contribution in [2.45, 2.75) is 0 Å². The highest BCUT2D eigenvalue weighted by Crippen LogP contribution is 2.25. The van der Waals surface area contributed by atoms with Crippen LogP contribution in [0.3, 0.4) is 0 Å². The lowest BCUT2D eigenvalue weighted by atomic mass is 10.2. The average Bonchev–Trinajstić information content (AvgIpc) is 2.27. The summed E-state index contributed by atoms with van der Waals surface area (Å²) in [5.41, 5.74) is 7.75. The third kappa shape index (κ3) is 4.83. The molecule has 6 nitrogen and oxygen atoms in total. The van der Waals surface area contributed by atoms with E-state index in [1.165, 1.54) is 6.21 Å². The number of nitrogens with two attached hydrogens (primary N) is 1. The summed E-state index contributed by atoms with van der Waals surface area (Å²) >= 11 is 3.34. The molecule has 92 valence electrons. The van der Waals surface area contributed by atoms with E-state index in [9.17, 15) is 4.79 Å². The number of carbonyl (C=O) groups is 1. The maximum atomic E-state index is 10.4. The number of amides is 2. The van der Waals surface area contributed by atoms with Crippen molar-refractivity contribution in [1.82, 2.24) is 5.43 Å². The first kappa shape index (κ1) is 13.5. The van der Waals surface area contributed by atoms with Gasteiger partial charge in [0.1, 0.15) is 5.75 Å². The van der Waals surface area contributed by atoms with E-state index in [1.807, 2.05) is 0 Å². The molecule has 0 radical (unpaired) electrons. The molecule has 1 aromatic rings. The molecule has 1 rings (SSSR count). The predicted molar refractivity (Wildman–Crippen MR) is 67.0 cm³/mol. The van der Waals surface area contributed by atoms with Gasteiger partial charge in [0.05, 0.1) is 10.7 Å². The molecule has 0 atom stereocenters. The van der Waals surface area contributed by atoms with Crippen molar-refractivity contribution >= 4 is 28.2 Å². The number of hydrogen-bond acceptors (Lipinski definition) is 4. The summed E-state index contributed by atoms with van der Waals surface area (Å²) in [7, 11) is 1.55. The molecular formula is C10H12BrN3O3. The molecule has 0 aliphatic carbocycles. The molecule has 0 saturated carbocycles. The monoisotopic (exact) mass is 301 g/mol. The minimum absolute atomic E-state index is 0.176. The van der Waals surface area contributed by atoms with Crippen molar-refractivity contribution < 1.29 is 14.3 Å². The van der Waals surface area contributed by atoms with E-state index in [2.05, 4.69) is 26.5 Å². The Morgan fingerprint density at radius 3 is 3.00 bits per heavy atom. The van der Waals surface area contributed by atoms with Crippen molar-refractivity contribution in [3.05, 3.63) is 28.2 Å². The van der Waals surface area contributed by atoms with Gasteiger partial charge in [0, 0.05) is 7.11 Å². The van der Waals surface area contributed by atoms with Crippen LogP contribution in [0.15, 0.2) is 27.8 Å². The van der Waals surface area contributed by atoms with Crippen molar-refractivity contribution in [3.8, 4) is 5.75 Å². The largest absolute Gasteiger partial charge is 0.466 e. The summed E-state index contributed by atoms with van der Waals surface area (Å²) in [5, 5.41) is 3.64. The fourth-order valence-corrected chi connectivity index (χ4v) is 1.52. The van der Waals surface area contributed by atoms with Crippen LogP contribution in [0.1, 0.15) is 5.56 Å². The maximum absolute atomic E-state index is 10.4. The zero-order valence-electron chi connectivity index (χ0n) is 9.14. The van der Waals surface area contributed by atoms with Gasteiger partial charge in [-0.25, -0.2) is 10.2 Å². The predicted octanol–water partition coefficient (Wildman–Crippen LogP) is 1.43. The van der Waals surface area contributed by atoms with Crippen LogP contribution < -0.4 is 15.9 Å². The molecule has 0 aliphatic heterocycles. The molecule has 0 heterocycles. The summed E-state index contributed by atoms with van der Waals surface area (Å²) in [4.78, 5) is 10.4. The molecule has 0 unspecified atom stereocenters. The second kappa shape index (κ2) is 6.87. The van der Waals surface area contributed by atoms with Crippen molar-refractivity contribution in [2.75, 3.05) is 13.9 Å². The van der Waals surface area contributed by atoms with Crippen LogP contribution in [0.4, 0.5) is 4.79 Å². The van der Waals surface area contributed by atoms with Gasteiger partial charge in [0.15, 0.2) is 6.79 Å². The number of rotatable bonds is 5. The Bertz CT molecular complexity index is 423. The van der Waals surface area contributed by atoms with Crippen molar-refractivity contribution in [1.29, 1.82) is 0 Å². The molecule has 17 heavy (non-hydrogen) atoms. The SMILES string of the molecule is COCOc1ccc(C=NNC(N)=O)cc1Br. The van der Waals surface area contributed by atoms with Gasteiger partial charge < -0.3 is 15.2 Å². The Balaban J connectivity index is 2.68. The van der Waals surface area contributed by atoms with Gasteiger partial charge in [-0.2, -0.15) is 5.10 Å². The number of nitrogens with zero attached hydrogens (tertiary/aromatic N) is 1. The van der Waals surface area contributed by atoms with Crippen LogP contribution in [0.2, 0.25) is 0 Å². The molecule has 1 aromatic carbocycles. The smallest absolute Gasteiger partial charge is 0.332 e. The first-order valence-corrected chi connectivity index (χ1v) is 5.42. The normalized spacial score (nSPS) is 10.5. The van der Waals surface area contributed by atoms with Crippen molar-refractivity contribution in [2.24, 2.45) is 10.8 Å². The third-order valence-electron chi connectivity index (χ3n) is 1.68. The number of methoxy groups -OCH3 is 1. The second-order valence-electron chi connectivity index (χ2n) is 2.97. The highest BCUT2D eigenvalue weighted by atomic mass is 79.9. The molecule has 2 amide bonds. The molecule has 0 aliphatic rings. The molecule has 0 fully saturated rings. The Morgan fingerprint density at radius 1 is 1.65 bits per heavy atom. The number of urea groups is 1. The fourth-order valence-electron chi connectivity index (χ4n) is 1.01. The summed E-state index contributed by atoms with van der Waals surface area (Å²) in [6, 6.07) is 4.62. The lowest BCUT2D eigenvalue weighted by Gasteiger charge is -2.06. The molecular weight excluding hydrogens is 290 g/mol. The summed E-state index contributed by atoms with van der Waals surface area (Å²) in [5.74, 6) is 0.659. The van der Waals surface area contributed by atoms with Gasteiger partial charge in [0.25, 0.3) is 0 Å². The van der Waals surface area contributed by atoms with Gasteiger partial charge in [-0.1, -0.05) is 0 Å². The molecule has 0 aromatic heterocycles. The van der Waals surface area contributed by atoms with E-state index in [0.717, 1.165) is 10.0 Å². The molecule has 7 heteroatoms. The van der Waals surface area contributed by atoms with E-state index >= 15 is 0 Å². The van der Waals surface area contributed by atoms with Crippen molar-refractivity contribution in [3.63, 3.8) is 0 Å². The number of halogens is 1. The van der Waals surface area contributed by atoms with Crippen LogP contribution in [-0.4, -0.2) is 26.1 Å². The van der Waals surface area contributed by atoms with E-state index in [4.69, 9.17) is 15.2 Å². The van der Waals surface area contributed by atoms with E-state index in [-0.39, 0.29) is 6.79 Å². The third-order valence-corrected chi connectivity index (χ3v) is 2.30. The maximum Gasteiger partial charge on any atom is 0.332 e. The number of hydrazone groups is 1. The zero-order chi connectivity index (χ0) is 12.7. The summed E-state index contributed by atoms with van der Waals surface area (Å²) in [6.07, 6.45) is 1.47. The number of nitrogens with one attached hydrogen (secondary N) is 1. The Morgan fingerprint density at radius 2 is 2.41 bits per heavy atom. The van der Waals surface area contributed by atoms with Gasteiger partial charge in [-0.3, -0.25) is 0 Å². The number of ether oxygens (including phenoxy) is 2. The highest BCUT2D eigenvalue weighted by Gasteiger charge is 2.01. The van der Waals surface area contributed by atoms with Crippen LogP contribution in [0.25, 0.3) is 0 Å². The number of carbonyl (C=O) groups excluding carboxylic acids is 1. The quantitative estimate of drug-likeness (QED) is 0.490. The van der Waals surface area contributed by atoms with Crippen LogP contribution in [0, 0.1) is 0 Å². The molecule has 3 N–H and O–H groups in total. The van der Waals surface area contributed by atoms with Gasteiger partial charge >= 0.3 is 6.03 Å². The van der Waals surface area contributed by atoms with Crippen LogP contribution in [-0.2, 0) is 4.74 Å². The number of hydrogen-bond donors (Lipinski definition) is 2. The number of primary amides is 1. The standard InChI is InChI=1S/C10H12BrN3O3/c1-16-6-17-9-3-2-7(4-8(9)11)5-13-14-10(12)15/h2-5H,6H2,1H3,(H3,12,14,15). The zero-order valence-corrected chi connectivity index (χ0v) is 10.7. The first-order valence-electron chi connectivity index (χ1n) is 4.63. The Hall–Kier alpha value is -1.60. The lowest BCUT2D eigenvalue weighted by Crippen LogP contribution is -2.24. The lowest BCUT2D eigenvalue weighted by molar-refractivity contribution is 0.0506. The minimum Gasteiger partial charge on any atom is -0.466 e. The van der Waals surface area contributed by atoms with E-state index < -0.39 is 6.03 Å². The minimum atomic E-state index is -0.708. The Kier molecular flexibility index (Phi) is 5.44. The molecule has 0 spiro atoms. The average molecular weight is 302 g/mol. The highest BCUT2D eigenvalue weighted by molar-refractivity contribution is 9.10. The van der Waals surface area contributed by atoms with Crippen LogP contribution in [0.5, 0.6) is 5.75 Å². The van der Waals surface area contributed by atoms with E-state index in [1.54, 1.807) is 25.3 Å². The topological polar surface area (TPSA) is 85.9 Å². The second-order valence-corrected chi connectivity index (χ2v) is 3.83. The molecule has 0 bridgehead atoms. The fraction of sp³-hybridized carbons (Fsp3) is 0.200. The van der Waals surface area contributed by atoms with E-state index in [0.29, 0.717) is 5.75 Å². The molecule has 0 saturated heterocycles. The first-order chi connectivity index (χ1) is 8.13. The van der Waals surface area contributed by atoms with Crippen LogP contribution >= 0.6 is 15.9 Å². The van der Waals surface area contributed by atoms with Gasteiger partial charge in [0.2, 0.25) is 0 Å². The summed E-state index contributed by atoms with van der Waals surface area (Å²) in [6.45, 7) is 0.176. The summed E-state index contributed by atoms with van der Waals surface area (Å²) < 4.78 is 10.8. The van der Waals surface area contributed by atoms with Gasteiger partial charge in [-0.05, 0) is 39.7 Å². The number of benzene rings is 1. The Labute approximate surface area is 107 Å².